The highest BCUT2D eigenvalue weighted by Gasteiger charge is 2.43. The van der Waals surface area contributed by atoms with E-state index >= 15 is 0 Å². The number of nitrogens with two attached hydrogens (primary N) is 1. The lowest BCUT2D eigenvalue weighted by Crippen LogP contribution is -2.26. The van der Waals surface area contributed by atoms with Crippen molar-refractivity contribution in [1.82, 2.24) is 14.5 Å². The number of phosphoric ester groups is 1. The van der Waals surface area contributed by atoms with Crippen molar-refractivity contribution in [3.8, 4) is 0 Å². The van der Waals surface area contributed by atoms with Gasteiger partial charge in [-0.1, -0.05) is 26.0 Å². The number of fused-ring (bicyclic) bond motifs is 1. The van der Waals surface area contributed by atoms with Crippen molar-refractivity contribution >= 4 is 46.0 Å². The van der Waals surface area contributed by atoms with E-state index in [9.17, 15) is 38.7 Å². The van der Waals surface area contributed by atoms with Gasteiger partial charge in [0.15, 0.2) is 0 Å². The molecule has 45 heavy (non-hydrogen) atoms. The zero-order valence-electron chi connectivity index (χ0n) is 23.5. The number of nitrogens with zero attached hydrogens (tertiary/aromatic N) is 4. The molecule has 1 aliphatic rings. The van der Waals surface area contributed by atoms with Crippen LogP contribution in [0, 0.1) is 16.0 Å². The maximum atomic E-state index is 12.1. The number of ether oxygens (including phenoxy) is 2. The van der Waals surface area contributed by atoms with Crippen LogP contribution in [0.15, 0.2) is 36.8 Å². The van der Waals surface area contributed by atoms with Gasteiger partial charge in [-0.25, -0.2) is 23.7 Å². The Kier molecular flexibility index (Phi) is 10.6. The van der Waals surface area contributed by atoms with E-state index in [1.54, 1.807) is 24.4 Å². The molecule has 1 fully saturated rings. The van der Waals surface area contributed by atoms with Crippen LogP contribution in [0.25, 0.3) is 11.0 Å². The zero-order chi connectivity index (χ0) is 33.3. The fourth-order valence-corrected chi connectivity index (χ4v) is 7.77. The van der Waals surface area contributed by atoms with E-state index in [4.69, 9.17) is 25.0 Å². The van der Waals surface area contributed by atoms with Crippen LogP contribution >= 0.6 is 23.5 Å². The Hall–Kier alpha value is -2.67. The topological polar surface area (TPSA) is 298 Å². The smallest absolute Gasteiger partial charge is 0.390 e. The Labute approximate surface area is 254 Å². The molecule has 248 valence electrons. The largest absolute Gasteiger partial charge is 0.490 e. The van der Waals surface area contributed by atoms with Crippen molar-refractivity contribution in [2.45, 2.75) is 51.4 Å². The molecule has 0 bridgehead atoms. The number of aliphatic hydroxyl groups is 1. The third-order valence-electron chi connectivity index (χ3n) is 6.51. The second kappa shape index (κ2) is 13.6. The highest BCUT2D eigenvalue weighted by Crippen LogP contribution is 2.66. The average Bonchev–Trinajstić information content (AvgIpc) is 3.46. The van der Waals surface area contributed by atoms with E-state index in [0.29, 0.717) is 16.5 Å². The van der Waals surface area contributed by atoms with Crippen LogP contribution in [0.2, 0.25) is 0 Å². The lowest BCUT2D eigenvalue weighted by molar-refractivity contribution is -0.386. The second-order valence-electron chi connectivity index (χ2n) is 10.1. The van der Waals surface area contributed by atoms with E-state index in [1.807, 2.05) is 13.8 Å². The van der Waals surface area contributed by atoms with E-state index in [0.717, 1.165) is 0 Å². The van der Waals surface area contributed by atoms with Crippen molar-refractivity contribution in [2.24, 2.45) is 5.92 Å². The van der Waals surface area contributed by atoms with Crippen molar-refractivity contribution < 1.29 is 65.9 Å². The highest BCUT2D eigenvalue weighted by molar-refractivity contribution is 7.66. The highest BCUT2D eigenvalue weighted by atomic mass is 31.3. The minimum Gasteiger partial charge on any atom is -0.390 e. The lowest BCUT2D eigenvalue weighted by atomic mass is 9.97. The number of nitro groups is 1. The molecule has 23 heteroatoms. The summed E-state index contributed by atoms with van der Waals surface area (Å²) in [5.74, 6) is -0.0800. The van der Waals surface area contributed by atoms with Gasteiger partial charge >= 0.3 is 23.5 Å². The number of aliphatic hydroxyl groups excluding tert-OH is 1. The van der Waals surface area contributed by atoms with Crippen LogP contribution in [0.4, 0.5) is 11.5 Å². The lowest BCUT2D eigenvalue weighted by Gasteiger charge is -2.22. The number of anilines is 1. The minimum atomic E-state index is -5.73. The first-order valence-corrected chi connectivity index (χ1v) is 17.5. The normalized spacial score (nSPS) is 22.4. The first-order valence-electron chi connectivity index (χ1n) is 12.9. The molecule has 3 aromatic rings. The summed E-state index contributed by atoms with van der Waals surface area (Å²) in [5.41, 5.74) is 7.20. The van der Waals surface area contributed by atoms with Crippen molar-refractivity contribution in [3.63, 3.8) is 0 Å². The van der Waals surface area contributed by atoms with Crippen LogP contribution in [0.3, 0.4) is 0 Å². The van der Waals surface area contributed by atoms with Gasteiger partial charge in [-0.3, -0.25) is 14.6 Å². The Morgan fingerprint density at radius 3 is 2.47 bits per heavy atom. The molecule has 4 rings (SSSR count). The van der Waals surface area contributed by atoms with Gasteiger partial charge in [-0.15, -0.1) is 0 Å². The summed E-state index contributed by atoms with van der Waals surface area (Å²) >= 11 is 0. The SMILES string of the molecule is CC(C)C(OCc1cn([C@H]2CC(O)[C@@H](COP(=O)(O)OP(=O)(O)OP(=O)(O)O)O2)c2ncnc(N)c12)c1ccccc1[N+](=O)[O-]. The third-order valence-corrected chi connectivity index (χ3v) is 10.3. The molecular weight excluding hydrogens is 667 g/mol. The number of nitrogen functional groups attached to an aromatic ring is 1. The summed E-state index contributed by atoms with van der Waals surface area (Å²) < 4.78 is 59.9. The number of rotatable bonds is 14. The fraction of sp³-hybridized carbons (Fsp3) is 0.455. The number of aromatic nitrogens is 3. The first-order chi connectivity index (χ1) is 20.9. The Bertz CT molecular complexity index is 1700. The summed E-state index contributed by atoms with van der Waals surface area (Å²) in [6, 6.07) is 6.22. The zero-order valence-corrected chi connectivity index (χ0v) is 26.2. The average molecular weight is 697 g/mol. The maximum Gasteiger partial charge on any atom is 0.490 e. The van der Waals surface area contributed by atoms with Gasteiger partial charge in [0, 0.05) is 24.2 Å². The molecule has 1 aliphatic heterocycles. The second-order valence-corrected chi connectivity index (χ2v) is 14.5. The molecule has 4 unspecified atom stereocenters. The summed E-state index contributed by atoms with van der Waals surface area (Å²) in [4.78, 5) is 55.8. The molecule has 0 radical (unpaired) electrons. The van der Waals surface area contributed by atoms with Crippen LogP contribution in [-0.2, 0) is 42.9 Å². The summed E-state index contributed by atoms with van der Waals surface area (Å²) in [5, 5.41) is 22.6. The van der Waals surface area contributed by atoms with Gasteiger partial charge in [0.25, 0.3) is 5.69 Å². The molecule has 20 nitrogen and oxygen atoms in total. The summed E-state index contributed by atoms with van der Waals surface area (Å²) in [6.45, 7) is 2.75. The minimum absolute atomic E-state index is 0.0826. The van der Waals surface area contributed by atoms with Gasteiger partial charge in [0.1, 0.15) is 30.1 Å². The molecular formula is C22H30N5O15P3. The Balaban J connectivity index is 1.52. The number of hydrogen-bond acceptors (Lipinski definition) is 14. The monoisotopic (exact) mass is 697 g/mol. The summed E-state index contributed by atoms with van der Waals surface area (Å²) in [6.07, 6.45) is -1.54. The molecule has 0 aliphatic carbocycles. The quantitative estimate of drug-likeness (QED) is 0.0801. The third kappa shape index (κ3) is 8.78. The molecule has 6 atom stereocenters. The Morgan fingerprint density at radius 2 is 1.82 bits per heavy atom. The van der Waals surface area contributed by atoms with Crippen molar-refractivity contribution in [3.05, 3.63) is 58.0 Å². The molecule has 1 saturated heterocycles. The summed E-state index contributed by atoms with van der Waals surface area (Å²) in [7, 11) is -16.8. The van der Waals surface area contributed by atoms with Crippen LogP contribution in [0.5, 0.6) is 0 Å². The van der Waals surface area contributed by atoms with Crippen molar-refractivity contribution in [2.75, 3.05) is 12.3 Å². The van der Waals surface area contributed by atoms with Crippen molar-refractivity contribution in [1.29, 1.82) is 0 Å². The molecule has 0 spiro atoms. The number of phosphoric acid groups is 3. The predicted octanol–water partition coefficient (Wildman–Crippen LogP) is 2.83. The van der Waals surface area contributed by atoms with E-state index in [2.05, 4.69) is 23.1 Å². The number of nitro benzene ring substituents is 1. The molecule has 7 N–H and O–H groups in total. The standard InChI is InChI=1S/C22H30N5O15P3/c1-12(2)20(14-5-3-4-6-15(14)27(29)30)38-9-13-8-26(22-19(13)21(23)24-11-25-22)18-7-16(28)17(40-18)10-39-44(34,35)42-45(36,37)41-43(31,32)33/h3-6,8,11-12,16-18,20,28H,7,9-10H2,1-2H3,(H,34,35)(H,36,37)(H2,23,24,25)(H2,31,32,33)/t16?,17-,18-,20?/m1/s1. The van der Waals surface area contributed by atoms with Crippen LogP contribution < -0.4 is 5.73 Å². The molecule has 1 aromatic carbocycles. The van der Waals surface area contributed by atoms with Gasteiger partial charge in [-0.2, -0.15) is 8.62 Å². The molecule has 0 saturated carbocycles. The molecule has 2 aromatic heterocycles. The Morgan fingerprint density at radius 1 is 1.13 bits per heavy atom. The number of benzene rings is 1. The van der Waals surface area contributed by atoms with E-state index in [-0.39, 0.29) is 36.1 Å². The van der Waals surface area contributed by atoms with Crippen LogP contribution in [-0.4, -0.2) is 63.0 Å². The van der Waals surface area contributed by atoms with E-state index in [1.165, 1.54) is 17.0 Å². The maximum absolute atomic E-state index is 12.1. The number of hydrogen-bond donors (Lipinski definition) is 6. The van der Waals surface area contributed by atoms with Gasteiger partial charge in [0.2, 0.25) is 0 Å². The first kappa shape index (κ1) is 35.2. The molecule has 0 amide bonds. The van der Waals surface area contributed by atoms with Gasteiger partial charge in [-0.05, 0) is 12.0 Å². The fourth-order valence-electron chi connectivity index (χ4n) is 4.74. The molecule has 3 heterocycles. The van der Waals surface area contributed by atoms with Gasteiger partial charge in [0.05, 0.1) is 41.3 Å². The van der Waals surface area contributed by atoms with Gasteiger partial charge < -0.3 is 44.5 Å². The number of para-hydroxylation sites is 1. The predicted molar refractivity (Wildman–Crippen MR) is 152 cm³/mol. The van der Waals surface area contributed by atoms with Crippen LogP contribution in [0.1, 0.15) is 43.7 Å². The van der Waals surface area contributed by atoms with E-state index < -0.39 is 59.5 Å².